The second-order valence-corrected chi connectivity index (χ2v) is 7.33. The number of carbonyl (C=O) groups is 1. The molecule has 0 heterocycles. The Morgan fingerprint density at radius 3 is 1.88 bits per heavy atom. The van der Waals surface area contributed by atoms with Gasteiger partial charge in [-0.2, -0.15) is 0 Å². The first kappa shape index (κ1) is 21.3. The van der Waals surface area contributed by atoms with E-state index in [1.54, 1.807) is 0 Å². The van der Waals surface area contributed by atoms with Gasteiger partial charge in [-0.05, 0) is 18.6 Å². The van der Waals surface area contributed by atoms with Crippen molar-refractivity contribution in [1.29, 1.82) is 0 Å². The summed E-state index contributed by atoms with van der Waals surface area (Å²) in [6.07, 6.45) is 14.1. The lowest BCUT2D eigenvalue weighted by Crippen LogP contribution is -2.00. The molecule has 4 heteroatoms. The highest BCUT2D eigenvalue weighted by atomic mass is 35.5. The van der Waals surface area contributed by atoms with Gasteiger partial charge in [0.05, 0.1) is 10.6 Å². The third kappa shape index (κ3) is 8.39. The van der Waals surface area contributed by atoms with Crippen molar-refractivity contribution < 1.29 is 9.90 Å². The highest BCUT2D eigenvalue weighted by molar-refractivity contribution is 6.37. The maximum Gasteiger partial charge on any atom is 0.168 e. The summed E-state index contributed by atoms with van der Waals surface area (Å²) >= 11 is 11.8. The quantitative estimate of drug-likeness (QED) is 0.286. The van der Waals surface area contributed by atoms with Crippen molar-refractivity contribution >= 4 is 29.0 Å². The second-order valence-electron chi connectivity index (χ2n) is 6.49. The molecule has 0 fully saturated rings. The summed E-state index contributed by atoms with van der Waals surface area (Å²) in [5.74, 6) is -0.231. The normalized spacial score (nSPS) is 11.0. The number of carbonyl (C=O) groups excluding carboxylic acids is 1. The van der Waals surface area contributed by atoms with Crippen molar-refractivity contribution in [1.82, 2.24) is 0 Å². The van der Waals surface area contributed by atoms with Gasteiger partial charge in [-0.25, -0.2) is 0 Å². The van der Waals surface area contributed by atoms with Crippen LogP contribution in [0.5, 0.6) is 5.75 Å². The number of unbranched alkanes of at least 4 members (excludes halogenated alkanes) is 10. The number of hydrogen-bond donors (Lipinski definition) is 1. The second kappa shape index (κ2) is 12.6. The van der Waals surface area contributed by atoms with E-state index in [4.69, 9.17) is 23.2 Å². The fourth-order valence-corrected chi connectivity index (χ4v) is 3.50. The van der Waals surface area contributed by atoms with E-state index in [0.717, 1.165) is 12.8 Å². The molecule has 2 nitrogen and oxygen atoms in total. The Balaban J connectivity index is 2.10. The minimum Gasteiger partial charge on any atom is -0.507 e. The smallest absolute Gasteiger partial charge is 0.168 e. The Bertz CT molecular complexity index is 477. The monoisotopic (exact) mass is 372 g/mol. The Morgan fingerprint density at radius 2 is 1.38 bits per heavy atom. The van der Waals surface area contributed by atoms with Crippen LogP contribution in [0.25, 0.3) is 0 Å². The van der Waals surface area contributed by atoms with Gasteiger partial charge in [0.15, 0.2) is 5.78 Å². The van der Waals surface area contributed by atoms with Crippen LogP contribution in [0.2, 0.25) is 10.0 Å². The maximum absolute atomic E-state index is 12.2. The number of phenolic OH excluding ortho intramolecular Hbond substituents is 1. The van der Waals surface area contributed by atoms with Crippen molar-refractivity contribution in [2.45, 2.75) is 84.0 Å². The number of halogens is 2. The minimum absolute atomic E-state index is 0.106. The summed E-state index contributed by atoms with van der Waals surface area (Å²) in [6.45, 7) is 2.24. The van der Waals surface area contributed by atoms with Crippen molar-refractivity contribution in [2.75, 3.05) is 0 Å². The van der Waals surface area contributed by atoms with Gasteiger partial charge in [-0.3, -0.25) is 4.79 Å². The summed E-state index contributed by atoms with van der Waals surface area (Å²) in [5, 5.41) is 10.4. The SMILES string of the molecule is CCCCCCCCCCCCCC(=O)c1c(O)cc(Cl)cc1Cl. The molecule has 1 rings (SSSR count). The van der Waals surface area contributed by atoms with Crippen LogP contribution in [0.3, 0.4) is 0 Å². The van der Waals surface area contributed by atoms with E-state index in [1.807, 2.05) is 0 Å². The predicted molar refractivity (Wildman–Crippen MR) is 104 cm³/mol. The molecule has 1 aromatic carbocycles. The molecule has 0 amide bonds. The van der Waals surface area contributed by atoms with E-state index in [9.17, 15) is 9.90 Å². The van der Waals surface area contributed by atoms with Crippen LogP contribution in [-0.4, -0.2) is 10.9 Å². The van der Waals surface area contributed by atoms with Gasteiger partial charge in [0.2, 0.25) is 0 Å². The predicted octanol–water partition coefficient (Wildman–Crippen LogP) is 7.58. The van der Waals surface area contributed by atoms with Gasteiger partial charge in [0, 0.05) is 11.4 Å². The first-order valence-corrected chi connectivity index (χ1v) is 10.0. The Hall–Kier alpha value is -0.730. The van der Waals surface area contributed by atoms with E-state index >= 15 is 0 Å². The number of phenols is 1. The molecule has 0 atom stereocenters. The molecular weight excluding hydrogens is 343 g/mol. The molecule has 136 valence electrons. The molecule has 0 bridgehead atoms. The number of Topliss-reactive ketones (excluding diaryl/α,β-unsaturated/α-hetero) is 1. The van der Waals surface area contributed by atoms with Crippen LogP contribution in [-0.2, 0) is 0 Å². The summed E-state index contributed by atoms with van der Waals surface area (Å²) in [6, 6.07) is 2.86. The maximum atomic E-state index is 12.2. The van der Waals surface area contributed by atoms with E-state index in [2.05, 4.69) is 6.92 Å². The van der Waals surface area contributed by atoms with Crippen LogP contribution in [0.4, 0.5) is 0 Å². The molecular formula is C20H30Cl2O2. The largest absolute Gasteiger partial charge is 0.507 e. The highest BCUT2D eigenvalue weighted by Crippen LogP contribution is 2.31. The molecule has 0 aliphatic heterocycles. The van der Waals surface area contributed by atoms with Crippen molar-refractivity contribution in [3.05, 3.63) is 27.7 Å². The summed E-state index contributed by atoms with van der Waals surface area (Å²) < 4.78 is 0. The highest BCUT2D eigenvalue weighted by Gasteiger charge is 2.16. The molecule has 0 unspecified atom stereocenters. The van der Waals surface area contributed by atoms with Gasteiger partial charge >= 0.3 is 0 Å². The lowest BCUT2D eigenvalue weighted by molar-refractivity contribution is 0.0976. The van der Waals surface area contributed by atoms with Crippen LogP contribution in [0.15, 0.2) is 12.1 Å². The summed E-state index contributed by atoms with van der Waals surface area (Å²) in [5.41, 5.74) is 0.202. The van der Waals surface area contributed by atoms with Crippen LogP contribution in [0.1, 0.15) is 94.3 Å². The lowest BCUT2D eigenvalue weighted by Gasteiger charge is -2.07. The molecule has 0 saturated carbocycles. The van der Waals surface area contributed by atoms with Crippen molar-refractivity contribution in [2.24, 2.45) is 0 Å². The first-order chi connectivity index (χ1) is 11.6. The van der Waals surface area contributed by atoms with E-state index in [-0.39, 0.29) is 22.1 Å². The zero-order valence-electron chi connectivity index (χ0n) is 14.8. The first-order valence-electron chi connectivity index (χ1n) is 9.27. The van der Waals surface area contributed by atoms with E-state index in [0.29, 0.717) is 11.4 Å². The minimum atomic E-state index is -0.124. The number of aromatic hydroxyl groups is 1. The van der Waals surface area contributed by atoms with E-state index < -0.39 is 0 Å². The summed E-state index contributed by atoms with van der Waals surface area (Å²) in [7, 11) is 0. The average molecular weight is 373 g/mol. The molecule has 1 N–H and O–H groups in total. The molecule has 0 saturated heterocycles. The zero-order chi connectivity index (χ0) is 17.8. The molecule has 0 aliphatic rings. The topological polar surface area (TPSA) is 37.3 Å². The lowest BCUT2D eigenvalue weighted by atomic mass is 10.0. The number of ketones is 1. The number of benzene rings is 1. The molecule has 0 radical (unpaired) electrons. The van der Waals surface area contributed by atoms with Crippen molar-refractivity contribution in [3.63, 3.8) is 0 Å². The van der Waals surface area contributed by atoms with Gasteiger partial charge in [-0.1, -0.05) is 94.3 Å². The fourth-order valence-electron chi connectivity index (χ4n) is 2.91. The molecule has 0 aromatic heterocycles. The van der Waals surface area contributed by atoms with Crippen LogP contribution >= 0.6 is 23.2 Å². The molecule has 0 spiro atoms. The van der Waals surface area contributed by atoms with Gasteiger partial charge in [0.25, 0.3) is 0 Å². The zero-order valence-corrected chi connectivity index (χ0v) is 16.3. The molecule has 24 heavy (non-hydrogen) atoms. The third-order valence-electron chi connectivity index (χ3n) is 4.32. The van der Waals surface area contributed by atoms with Crippen LogP contribution < -0.4 is 0 Å². The molecule has 0 aliphatic carbocycles. The van der Waals surface area contributed by atoms with Crippen molar-refractivity contribution in [3.8, 4) is 5.75 Å². The number of rotatable bonds is 13. The van der Waals surface area contributed by atoms with Gasteiger partial charge < -0.3 is 5.11 Å². The van der Waals surface area contributed by atoms with E-state index in [1.165, 1.54) is 69.9 Å². The van der Waals surface area contributed by atoms with Crippen LogP contribution in [0, 0.1) is 0 Å². The molecule has 1 aromatic rings. The fraction of sp³-hybridized carbons (Fsp3) is 0.650. The van der Waals surface area contributed by atoms with Gasteiger partial charge in [0.1, 0.15) is 5.75 Å². The average Bonchev–Trinajstić information content (AvgIpc) is 2.51. The number of hydrogen-bond acceptors (Lipinski definition) is 2. The standard InChI is InChI=1S/C20H30Cl2O2/c1-2-3-4-5-6-7-8-9-10-11-12-13-18(23)20-17(22)14-16(21)15-19(20)24/h14-15,24H,2-13H2,1H3. The third-order valence-corrected chi connectivity index (χ3v) is 4.84. The summed E-state index contributed by atoms with van der Waals surface area (Å²) in [4.78, 5) is 12.2. The Labute approximate surface area is 156 Å². The van der Waals surface area contributed by atoms with Gasteiger partial charge in [-0.15, -0.1) is 0 Å². The Morgan fingerprint density at radius 1 is 0.875 bits per heavy atom. The Kier molecular flexibility index (Phi) is 11.2.